The Morgan fingerprint density at radius 1 is 1.13 bits per heavy atom. The zero-order chi connectivity index (χ0) is 16.3. The second-order valence-electron chi connectivity index (χ2n) is 6.63. The molecule has 1 fully saturated rings. The summed E-state index contributed by atoms with van der Waals surface area (Å²) in [4.78, 5) is 0. The fourth-order valence-electron chi connectivity index (χ4n) is 3.36. The third-order valence-electron chi connectivity index (χ3n) is 4.78. The van der Waals surface area contributed by atoms with Crippen LogP contribution in [0.4, 0.5) is 0 Å². The summed E-state index contributed by atoms with van der Waals surface area (Å²) in [5.41, 5.74) is 2.70. The second kappa shape index (κ2) is 10.2. The first-order chi connectivity index (χ1) is 11.3. The molecule has 0 unspecified atom stereocenters. The predicted molar refractivity (Wildman–Crippen MR) is 95.0 cm³/mol. The number of aryl methyl sites for hydroxylation is 1. The van der Waals surface area contributed by atoms with Gasteiger partial charge in [0.05, 0.1) is 18.8 Å². The number of allylic oxidation sites excluding steroid dienone is 2. The van der Waals surface area contributed by atoms with Crippen LogP contribution in [0, 0.1) is 17.2 Å². The van der Waals surface area contributed by atoms with E-state index in [4.69, 9.17) is 10.00 Å². The van der Waals surface area contributed by atoms with Crippen molar-refractivity contribution in [3.05, 3.63) is 47.5 Å². The van der Waals surface area contributed by atoms with Gasteiger partial charge in [-0.05, 0) is 62.0 Å². The number of hydrogen-bond donors (Lipinski definition) is 0. The van der Waals surface area contributed by atoms with Gasteiger partial charge in [-0.3, -0.25) is 0 Å². The lowest BCUT2D eigenvalue weighted by molar-refractivity contribution is 0.00646. The van der Waals surface area contributed by atoms with Crippen LogP contribution in [0.25, 0.3) is 0 Å². The van der Waals surface area contributed by atoms with Crippen LogP contribution in [-0.4, -0.2) is 6.10 Å². The fourth-order valence-corrected chi connectivity index (χ4v) is 3.36. The Morgan fingerprint density at radius 3 is 2.48 bits per heavy atom. The molecule has 0 bridgehead atoms. The highest BCUT2D eigenvalue weighted by Gasteiger charge is 2.21. The third kappa shape index (κ3) is 6.59. The topological polar surface area (TPSA) is 33.0 Å². The number of benzene rings is 1. The van der Waals surface area contributed by atoms with Gasteiger partial charge in [-0.1, -0.05) is 43.7 Å². The average Bonchev–Trinajstić information content (AvgIpc) is 2.59. The molecule has 0 atom stereocenters. The largest absolute Gasteiger partial charge is 0.374 e. The molecular weight excluding hydrogens is 282 g/mol. The van der Waals surface area contributed by atoms with Gasteiger partial charge >= 0.3 is 0 Å². The normalized spacial score (nSPS) is 21.4. The summed E-state index contributed by atoms with van der Waals surface area (Å²) in [5, 5.41) is 8.48. The van der Waals surface area contributed by atoms with Crippen LogP contribution in [0.3, 0.4) is 0 Å². The minimum atomic E-state index is 0.427. The van der Waals surface area contributed by atoms with Crippen LogP contribution >= 0.6 is 0 Å². The Balaban J connectivity index is 1.64. The van der Waals surface area contributed by atoms with Crippen molar-refractivity contribution in [2.75, 3.05) is 0 Å². The molecule has 1 aromatic carbocycles. The summed E-state index contributed by atoms with van der Waals surface area (Å²) in [6.45, 7) is 2.96. The summed E-state index contributed by atoms with van der Waals surface area (Å²) in [5.74, 6) is 0.812. The highest BCUT2D eigenvalue weighted by molar-refractivity contribution is 5.22. The van der Waals surface area contributed by atoms with Crippen molar-refractivity contribution >= 4 is 0 Å². The van der Waals surface area contributed by atoms with Gasteiger partial charge in [-0.15, -0.1) is 0 Å². The van der Waals surface area contributed by atoms with E-state index in [1.165, 1.54) is 49.7 Å². The molecule has 2 nitrogen and oxygen atoms in total. The summed E-state index contributed by atoms with van der Waals surface area (Å²) >= 11 is 0. The molecule has 1 aromatic rings. The Kier molecular flexibility index (Phi) is 7.90. The van der Waals surface area contributed by atoms with Crippen molar-refractivity contribution in [3.63, 3.8) is 0 Å². The quantitative estimate of drug-likeness (QED) is 0.588. The fraction of sp³-hybridized carbons (Fsp3) is 0.571. The SMILES string of the molecule is CCCc1ccc(COC2CCC(CC/C=C/C#N)CC2)cc1. The molecule has 1 saturated carbocycles. The lowest BCUT2D eigenvalue weighted by atomic mass is 9.84. The molecule has 0 radical (unpaired) electrons. The summed E-state index contributed by atoms with van der Waals surface area (Å²) in [6, 6.07) is 10.9. The number of rotatable bonds is 8. The average molecular weight is 311 g/mol. The van der Waals surface area contributed by atoms with Crippen molar-refractivity contribution in [2.45, 2.75) is 71.0 Å². The summed E-state index contributed by atoms with van der Waals surface area (Å²) < 4.78 is 6.10. The van der Waals surface area contributed by atoms with E-state index in [0.717, 1.165) is 25.4 Å². The monoisotopic (exact) mass is 311 g/mol. The molecule has 0 spiro atoms. The van der Waals surface area contributed by atoms with E-state index in [1.807, 2.05) is 6.08 Å². The molecule has 0 heterocycles. The summed E-state index contributed by atoms with van der Waals surface area (Å²) in [7, 11) is 0. The van der Waals surface area contributed by atoms with Crippen LogP contribution in [0.2, 0.25) is 0 Å². The molecule has 0 aliphatic heterocycles. The molecule has 124 valence electrons. The van der Waals surface area contributed by atoms with Crippen LogP contribution < -0.4 is 0 Å². The standard InChI is InChI=1S/C21H29NO/c1-2-6-18-8-10-20(11-9-18)17-23-21-14-12-19(13-15-21)7-4-3-5-16-22/h3,5,8-11,19,21H,2,4,6-7,12-15,17H2,1H3/b5-3+. The van der Waals surface area contributed by atoms with Gasteiger partial charge in [0.2, 0.25) is 0 Å². The molecule has 0 saturated heterocycles. The molecule has 0 amide bonds. The zero-order valence-electron chi connectivity index (χ0n) is 14.3. The molecular formula is C21H29NO. The first-order valence-corrected chi connectivity index (χ1v) is 9.06. The van der Waals surface area contributed by atoms with Gasteiger partial charge < -0.3 is 4.74 Å². The van der Waals surface area contributed by atoms with Gasteiger partial charge in [0, 0.05) is 6.08 Å². The lowest BCUT2D eigenvalue weighted by Crippen LogP contribution is -2.21. The molecule has 0 aromatic heterocycles. The summed E-state index contributed by atoms with van der Waals surface area (Å²) in [6.07, 6.45) is 13.5. The van der Waals surface area contributed by atoms with E-state index in [1.54, 1.807) is 6.08 Å². The number of nitrogens with zero attached hydrogens (tertiary/aromatic N) is 1. The van der Waals surface area contributed by atoms with Crippen molar-refractivity contribution in [2.24, 2.45) is 5.92 Å². The first-order valence-electron chi connectivity index (χ1n) is 9.06. The number of hydrogen-bond acceptors (Lipinski definition) is 2. The van der Waals surface area contributed by atoms with E-state index in [0.29, 0.717) is 6.10 Å². The van der Waals surface area contributed by atoms with Crippen molar-refractivity contribution in [1.29, 1.82) is 5.26 Å². The first kappa shape index (κ1) is 17.8. The Hall–Kier alpha value is -1.59. The van der Waals surface area contributed by atoms with Crippen LogP contribution in [-0.2, 0) is 17.8 Å². The lowest BCUT2D eigenvalue weighted by Gasteiger charge is -2.28. The Labute approximate surface area is 141 Å². The van der Waals surface area contributed by atoms with E-state index in [9.17, 15) is 0 Å². The molecule has 23 heavy (non-hydrogen) atoms. The van der Waals surface area contributed by atoms with E-state index in [2.05, 4.69) is 37.3 Å². The van der Waals surface area contributed by atoms with Gasteiger partial charge in [0.1, 0.15) is 0 Å². The highest BCUT2D eigenvalue weighted by atomic mass is 16.5. The van der Waals surface area contributed by atoms with Gasteiger partial charge in [0.25, 0.3) is 0 Å². The van der Waals surface area contributed by atoms with Crippen molar-refractivity contribution < 1.29 is 4.74 Å². The maximum absolute atomic E-state index is 8.48. The van der Waals surface area contributed by atoms with Crippen molar-refractivity contribution in [1.82, 2.24) is 0 Å². The smallest absolute Gasteiger partial charge is 0.0908 e. The number of nitriles is 1. The molecule has 1 aliphatic rings. The van der Waals surface area contributed by atoms with Crippen LogP contribution in [0.1, 0.15) is 63.0 Å². The van der Waals surface area contributed by atoms with E-state index in [-0.39, 0.29) is 0 Å². The van der Waals surface area contributed by atoms with E-state index < -0.39 is 0 Å². The maximum atomic E-state index is 8.48. The van der Waals surface area contributed by atoms with Gasteiger partial charge in [0.15, 0.2) is 0 Å². The molecule has 2 heteroatoms. The molecule has 1 aliphatic carbocycles. The van der Waals surface area contributed by atoms with Gasteiger partial charge in [-0.2, -0.15) is 5.26 Å². The highest BCUT2D eigenvalue weighted by Crippen LogP contribution is 2.30. The second-order valence-corrected chi connectivity index (χ2v) is 6.63. The zero-order valence-corrected chi connectivity index (χ0v) is 14.3. The minimum absolute atomic E-state index is 0.427. The van der Waals surface area contributed by atoms with E-state index >= 15 is 0 Å². The third-order valence-corrected chi connectivity index (χ3v) is 4.78. The molecule has 0 N–H and O–H groups in total. The van der Waals surface area contributed by atoms with Gasteiger partial charge in [-0.25, -0.2) is 0 Å². The Bertz CT molecular complexity index is 504. The Morgan fingerprint density at radius 2 is 1.83 bits per heavy atom. The molecule has 2 rings (SSSR count). The minimum Gasteiger partial charge on any atom is -0.374 e. The number of ether oxygens (including phenoxy) is 1. The van der Waals surface area contributed by atoms with Crippen molar-refractivity contribution in [3.8, 4) is 6.07 Å². The maximum Gasteiger partial charge on any atom is 0.0908 e. The van der Waals surface area contributed by atoms with Crippen LogP contribution in [0.15, 0.2) is 36.4 Å². The van der Waals surface area contributed by atoms with Crippen LogP contribution in [0.5, 0.6) is 0 Å². The predicted octanol–water partition coefficient (Wildman–Crippen LogP) is 5.57.